The molecule has 0 bridgehead atoms. The molecule has 0 spiro atoms. The van der Waals surface area contributed by atoms with Gasteiger partial charge in [-0.15, -0.1) is 5.11 Å². The average molecular weight is 324 g/mol. The van der Waals surface area contributed by atoms with Crippen LogP contribution in [0, 0.1) is 0 Å². The Morgan fingerprint density at radius 1 is 1.12 bits per heavy atom. The lowest BCUT2D eigenvalue weighted by molar-refractivity contribution is 0.0692. The standard InChI is InChI=1S/C17H12N2O5/c1-23-15-9-14-10(7-12(16(20)21)17(22)24-14)8-13(15)19-18-11-5-3-2-4-6-11/h2-9H,1H3,(H,20,21)/b19-18+. The molecule has 3 rings (SSSR count). The molecule has 7 nitrogen and oxygen atoms in total. The SMILES string of the molecule is COc1cc2oc(=O)c(C(=O)O)cc2cc1/N=N/c1ccccc1. The molecule has 2 aromatic carbocycles. The van der Waals surface area contributed by atoms with E-state index in [2.05, 4.69) is 10.2 Å². The van der Waals surface area contributed by atoms with Crippen molar-refractivity contribution in [3.05, 3.63) is 64.5 Å². The van der Waals surface area contributed by atoms with E-state index in [0.717, 1.165) is 0 Å². The molecule has 0 amide bonds. The Balaban J connectivity index is 2.13. The van der Waals surface area contributed by atoms with E-state index in [4.69, 9.17) is 14.3 Å². The molecule has 0 aliphatic rings. The maximum absolute atomic E-state index is 11.6. The Bertz CT molecular complexity index is 993. The Kier molecular flexibility index (Phi) is 4.07. The molecule has 0 fully saturated rings. The zero-order valence-electron chi connectivity index (χ0n) is 12.6. The topological polar surface area (TPSA) is 101 Å². The lowest BCUT2D eigenvalue weighted by Gasteiger charge is -2.06. The van der Waals surface area contributed by atoms with Gasteiger partial charge in [-0.2, -0.15) is 5.11 Å². The van der Waals surface area contributed by atoms with Crippen molar-refractivity contribution in [3.8, 4) is 5.75 Å². The molecule has 0 atom stereocenters. The number of ether oxygens (including phenoxy) is 1. The first-order valence-electron chi connectivity index (χ1n) is 6.94. The van der Waals surface area contributed by atoms with Gasteiger partial charge in [0.15, 0.2) is 0 Å². The van der Waals surface area contributed by atoms with Crippen molar-refractivity contribution in [3.63, 3.8) is 0 Å². The van der Waals surface area contributed by atoms with Crippen LogP contribution in [-0.2, 0) is 0 Å². The summed E-state index contributed by atoms with van der Waals surface area (Å²) in [6.45, 7) is 0. The molecule has 1 heterocycles. The van der Waals surface area contributed by atoms with Crippen LogP contribution < -0.4 is 10.4 Å². The molecule has 0 unspecified atom stereocenters. The van der Waals surface area contributed by atoms with Crippen LogP contribution in [0.25, 0.3) is 11.0 Å². The number of carboxylic acid groups (broad SMARTS) is 1. The number of benzene rings is 2. The number of rotatable bonds is 4. The van der Waals surface area contributed by atoms with E-state index in [0.29, 0.717) is 22.5 Å². The smallest absolute Gasteiger partial charge is 0.351 e. The van der Waals surface area contributed by atoms with Crippen LogP contribution in [-0.4, -0.2) is 18.2 Å². The van der Waals surface area contributed by atoms with Gasteiger partial charge in [0, 0.05) is 11.5 Å². The Morgan fingerprint density at radius 3 is 2.54 bits per heavy atom. The number of aromatic carboxylic acids is 1. The fraction of sp³-hybridized carbons (Fsp3) is 0.0588. The minimum Gasteiger partial charge on any atom is -0.494 e. The van der Waals surface area contributed by atoms with Crippen LogP contribution in [0.15, 0.2) is 68.0 Å². The van der Waals surface area contributed by atoms with Crippen LogP contribution in [0.5, 0.6) is 5.75 Å². The second-order valence-electron chi connectivity index (χ2n) is 4.85. The summed E-state index contributed by atoms with van der Waals surface area (Å²) in [5, 5.41) is 17.7. The van der Waals surface area contributed by atoms with E-state index in [1.807, 2.05) is 18.2 Å². The summed E-state index contributed by atoms with van der Waals surface area (Å²) in [7, 11) is 1.45. The molecule has 3 aromatic rings. The van der Waals surface area contributed by atoms with Gasteiger partial charge in [-0.25, -0.2) is 9.59 Å². The van der Waals surface area contributed by atoms with Crippen molar-refractivity contribution in [2.45, 2.75) is 0 Å². The molecule has 7 heteroatoms. The largest absolute Gasteiger partial charge is 0.494 e. The average Bonchev–Trinajstić information content (AvgIpc) is 2.59. The number of fused-ring (bicyclic) bond motifs is 1. The lowest BCUT2D eigenvalue weighted by Crippen LogP contribution is -2.12. The van der Waals surface area contributed by atoms with Gasteiger partial charge in [-0.05, 0) is 24.3 Å². The summed E-state index contributed by atoms with van der Waals surface area (Å²) >= 11 is 0. The van der Waals surface area contributed by atoms with Crippen molar-refractivity contribution in [2.75, 3.05) is 7.11 Å². The number of hydrogen-bond acceptors (Lipinski definition) is 6. The zero-order chi connectivity index (χ0) is 17.1. The first kappa shape index (κ1) is 15.4. The van der Waals surface area contributed by atoms with E-state index >= 15 is 0 Å². The normalized spacial score (nSPS) is 11.0. The van der Waals surface area contributed by atoms with Crippen LogP contribution in [0.4, 0.5) is 11.4 Å². The van der Waals surface area contributed by atoms with Gasteiger partial charge in [0.2, 0.25) is 0 Å². The Labute approximate surface area is 135 Å². The highest BCUT2D eigenvalue weighted by atomic mass is 16.5. The summed E-state index contributed by atoms with van der Waals surface area (Å²) < 4.78 is 10.3. The van der Waals surface area contributed by atoms with E-state index in [1.165, 1.54) is 19.2 Å². The van der Waals surface area contributed by atoms with Gasteiger partial charge < -0.3 is 14.3 Å². The van der Waals surface area contributed by atoms with Crippen molar-refractivity contribution < 1.29 is 19.1 Å². The monoisotopic (exact) mass is 324 g/mol. The molecule has 0 aliphatic heterocycles. The zero-order valence-corrected chi connectivity index (χ0v) is 12.6. The number of azo groups is 1. The molecule has 0 radical (unpaired) electrons. The molecule has 1 aromatic heterocycles. The third-order valence-electron chi connectivity index (χ3n) is 3.29. The maximum atomic E-state index is 11.6. The van der Waals surface area contributed by atoms with Gasteiger partial charge in [0.1, 0.15) is 22.6 Å². The molecular weight excluding hydrogens is 312 g/mol. The molecule has 24 heavy (non-hydrogen) atoms. The first-order chi connectivity index (χ1) is 11.6. The fourth-order valence-corrected chi connectivity index (χ4v) is 2.13. The van der Waals surface area contributed by atoms with Crippen molar-refractivity contribution in [1.82, 2.24) is 0 Å². The second-order valence-corrected chi connectivity index (χ2v) is 4.85. The van der Waals surface area contributed by atoms with Crippen molar-refractivity contribution in [2.24, 2.45) is 10.2 Å². The molecule has 1 N–H and O–H groups in total. The van der Waals surface area contributed by atoms with Gasteiger partial charge in [-0.3, -0.25) is 0 Å². The minimum atomic E-state index is -1.35. The number of nitrogens with zero attached hydrogens (tertiary/aromatic N) is 2. The Morgan fingerprint density at radius 2 is 1.88 bits per heavy atom. The predicted octanol–water partition coefficient (Wildman–Crippen LogP) is 3.92. The highest BCUT2D eigenvalue weighted by Gasteiger charge is 2.14. The van der Waals surface area contributed by atoms with Crippen molar-refractivity contribution >= 4 is 28.3 Å². The fourth-order valence-electron chi connectivity index (χ4n) is 2.13. The molecule has 0 aliphatic carbocycles. The first-order valence-corrected chi connectivity index (χ1v) is 6.94. The second kappa shape index (κ2) is 6.33. The quantitative estimate of drug-likeness (QED) is 0.579. The summed E-state index contributed by atoms with van der Waals surface area (Å²) in [4.78, 5) is 22.7. The molecule has 120 valence electrons. The summed E-state index contributed by atoms with van der Waals surface area (Å²) in [6, 6.07) is 13.4. The molecule has 0 saturated heterocycles. The van der Waals surface area contributed by atoms with Gasteiger partial charge in [0.05, 0.1) is 12.8 Å². The van der Waals surface area contributed by atoms with Crippen LogP contribution in [0.1, 0.15) is 10.4 Å². The summed E-state index contributed by atoms with van der Waals surface area (Å²) in [5.41, 5.74) is -0.112. The highest BCUT2D eigenvalue weighted by Crippen LogP contribution is 2.33. The number of carbonyl (C=O) groups is 1. The van der Waals surface area contributed by atoms with Crippen molar-refractivity contribution in [1.29, 1.82) is 0 Å². The molecule has 0 saturated carbocycles. The van der Waals surface area contributed by atoms with Crippen LogP contribution >= 0.6 is 0 Å². The van der Waals surface area contributed by atoms with Gasteiger partial charge in [0.25, 0.3) is 0 Å². The highest BCUT2D eigenvalue weighted by molar-refractivity contribution is 5.93. The summed E-state index contributed by atoms with van der Waals surface area (Å²) in [5.74, 6) is -0.998. The van der Waals surface area contributed by atoms with Gasteiger partial charge >= 0.3 is 11.6 Å². The maximum Gasteiger partial charge on any atom is 0.351 e. The third kappa shape index (κ3) is 3.00. The number of methoxy groups -OCH3 is 1. The predicted molar refractivity (Wildman–Crippen MR) is 86.6 cm³/mol. The molecular formula is C17H12N2O5. The van der Waals surface area contributed by atoms with E-state index in [1.54, 1.807) is 18.2 Å². The van der Waals surface area contributed by atoms with E-state index in [9.17, 15) is 9.59 Å². The Hall–Kier alpha value is -3.48. The van der Waals surface area contributed by atoms with Gasteiger partial charge in [-0.1, -0.05) is 18.2 Å². The van der Waals surface area contributed by atoms with Crippen LogP contribution in [0.3, 0.4) is 0 Å². The minimum absolute atomic E-state index is 0.209. The van der Waals surface area contributed by atoms with E-state index in [-0.39, 0.29) is 5.58 Å². The van der Waals surface area contributed by atoms with Crippen LogP contribution in [0.2, 0.25) is 0 Å². The summed E-state index contributed by atoms with van der Waals surface area (Å²) in [6.07, 6.45) is 0. The number of hydrogen-bond donors (Lipinski definition) is 1. The third-order valence-corrected chi connectivity index (χ3v) is 3.29. The lowest BCUT2D eigenvalue weighted by atomic mass is 10.1. The van der Waals surface area contributed by atoms with E-state index < -0.39 is 17.2 Å². The number of carboxylic acids is 1.